The SMILES string of the molecule is C=CCN(c1cccc(C(F)(F)F)c1)S(=O)(=O)c1cccc(C(=O)OCC(=O)N[C@@H]2CCS(=O)(=O)C2)c1. The molecule has 9 nitrogen and oxygen atoms in total. The lowest BCUT2D eigenvalue weighted by atomic mass is 10.2. The van der Waals surface area contributed by atoms with E-state index in [0.29, 0.717) is 10.4 Å². The molecule has 200 valence electrons. The minimum Gasteiger partial charge on any atom is -0.452 e. The minimum absolute atomic E-state index is 0.0532. The third-order valence-corrected chi connectivity index (χ3v) is 8.90. The fraction of sp³-hybridized carbons (Fsp3) is 0.304. The van der Waals surface area contributed by atoms with Crippen LogP contribution in [-0.2, 0) is 35.6 Å². The molecule has 1 saturated heterocycles. The first-order valence-electron chi connectivity index (χ1n) is 10.8. The standard InChI is InChI=1S/C23H23F3N2O7S2/c1-2-10-28(19-7-4-6-17(13-19)23(24,25)26)37(33,34)20-8-3-5-16(12-20)22(30)35-14-21(29)27-18-9-11-36(31,32)15-18/h2-8,12-13,18H,1,9-11,14-15H2,(H,27,29)/t18-/m1/s1. The molecular weight excluding hydrogens is 537 g/mol. The molecule has 0 saturated carbocycles. The lowest BCUT2D eigenvalue weighted by Crippen LogP contribution is -2.38. The molecule has 1 atom stereocenters. The molecule has 0 unspecified atom stereocenters. The topological polar surface area (TPSA) is 127 Å². The number of esters is 1. The molecule has 1 aliphatic heterocycles. The van der Waals surface area contributed by atoms with Gasteiger partial charge in [0, 0.05) is 6.04 Å². The van der Waals surface area contributed by atoms with E-state index in [0.717, 1.165) is 24.3 Å². The van der Waals surface area contributed by atoms with Gasteiger partial charge >= 0.3 is 12.1 Å². The number of sulfone groups is 1. The average molecular weight is 561 g/mol. The molecule has 2 aromatic carbocycles. The Morgan fingerprint density at radius 2 is 1.86 bits per heavy atom. The van der Waals surface area contributed by atoms with Gasteiger partial charge in [-0.25, -0.2) is 21.6 Å². The van der Waals surface area contributed by atoms with Gasteiger partial charge in [-0.15, -0.1) is 6.58 Å². The van der Waals surface area contributed by atoms with Crippen LogP contribution in [0.15, 0.2) is 66.1 Å². The van der Waals surface area contributed by atoms with Gasteiger partial charge in [0.25, 0.3) is 15.9 Å². The van der Waals surface area contributed by atoms with Crippen molar-refractivity contribution in [3.05, 3.63) is 72.3 Å². The van der Waals surface area contributed by atoms with Gasteiger partial charge < -0.3 is 10.1 Å². The Kier molecular flexibility index (Phi) is 8.32. The van der Waals surface area contributed by atoms with Crippen LogP contribution >= 0.6 is 0 Å². The summed E-state index contributed by atoms with van der Waals surface area (Å²) >= 11 is 0. The molecule has 14 heteroatoms. The molecule has 0 aromatic heterocycles. The van der Waals surface area contributed by atoms with Crippen LogP contribution in [0.4, 0.5) is 18.9 Å². The number of hydrogen-bond acceptors (Lipinski definition) is 7. The number of amides is 1. The van der Waals surface area contributed by atoms with Crippen molar-refractivity contribution < 1.29 is 44.3 Å². The van der Waals surface area contributed by atoms with Crippen molar-refractivity contribution >= 4 is 37.4 Å². The molecule has 1 heterocycles. The second kappa shape index (κ2) is 10.9. The largest absolute Gasteiger partial charge is 0.452 e. The molecular formula is C23H23F3N2O7S2. The Labute approximate surface area is 211 Å². The first-order valence-corrected chi connectivity index (χ1v) is 14.1. The van der Waals surface area contributed by atoms with E-state index in [2.05, 4.69) is 11.9 Å². The van der Waals surface area contributed by atoms with E-state index in [-0.39, 0.29) is 35.7 Å². The van der Waals surface area contributed by atoms with Crippen LogP contribution in [0.5, 0.6) is 0 Å². The summed E-state index contributed by atoms with van der Waals surface area (Å²) in [7, 11) is -7.66. The lowest BCUT2D eigenvalue weighted by Gasteiger charge is -2.24. The third-order valence-electron chi connectivity index (χ3n) is 5.35. The number of nitrogens with one attached hydrogen (secondary N) is 1. The Morgan fingerprint density at radius 3 is 2.49 bits per heavy atom. The maximum Gasteiger partial charge on any atom is 0.416 e. The maximum atomic E-state index is 13.3. The van der Waals surface area contributed by atoms with E-state index in [1.165, 1.54) is 24.3 Å². The summed E-state index contributed by atoms with van der Waals surface area (Å²) < 4.78 is 94.7. The summed E-state index contributed by atoms with van der Waals surface area (Å²) in [6.07, 6.45) is -3.25. The van der Waals surface area contributed by atoms with Crippen LogP contribution in [0, 0.1) is 0 Å². The number of hydrogen-bond donors (Lipinski definition) is 1. The lowest BCUT2D eigenvalue weighted by molar-refractivity contribution is -0.137. The van der Waals surface area contributed by atoms with Crippen LogP contribution in [-0.4, -0.2) is 59.4 Å². The number of nitrogens with zero attached hydrogens (tertiary/aromatic N) is 1. The van der Waals surface area contributed by atoms with E-state index in [1.807, 2.05) is 0 Å². The van der Waals surface area contributed by atoms with Gasteiger partial charge in [-0.05, 0) is 42.8 Å². The second-order valence-corrected chi connectivity index (χ2v) is 12.2. The number of carbonyl (C=O) groups is 2. The predicted molar refractivity (Wildman–Crippen MR) is 128 cm³/mol. The van der Waals surface area contributed by atoms with Gasteiger partial charge in [-0.3, -0.25) is 9.10 Å². The quantitative estimate of drug-likeness (QED) is 0.369. The summed E-state index contributed by atoms with van der Waals surface area (Å²) in [6.45, 7) is 2.39. The number of benzene rings is 2. The smallest absolute Gasteiger partial charge is 0.416 e. The molecule has 0 bridgehead atoms. The highest BCUT2D eigenvalue weighted by Crippen LogP contribution is 2.33. The minimum atomic E-state index is -4.69. The molecule has 0 radical (unpaired) electrons. The van der Waals surface area contributed by atoms with E-state index in [9.17, 15) is 39.6 Å². The van der Waals surface area contributed by atoms with Crippen LogP contribution < -0.4 is 9.62 Å². The zero-order valence-electron chi connectivity index (χ0n) is 19.3. The zero-order valence-corrected chi connectivity index (χ0v) is 20.9. The van der Waals surface area contributed by atoms with E-state index >= 15 is 0 Å². The molecule has 37 heavy (non-hydrogen) atoms. The number of sulfonamides is 1. The van der Waals surface area contributed by atoms with Crippen LogP contribution in [0.2, 0.25) is 0 Å². The highest BCUT2D eigenvalue weighted by Gasteiger charge is 2.33. The molecule has 1 amide bonds. The second-order valence-electron chi connectivity index (χ2n) is 8.14. The van der Waals surface area contributed by atoms with E-state index in [1.54, 1.807) is 0 Å². The Balaban J connectivity index is 1.76. The Hall–Kier alpha value is -3.39. The fourth-order valence-electron chi connectivity index (χ4n) is 3.60. The van der Waals surface area contributed by atoms with Gasteiger partial charge in [-0.2, -0.15) is 13.2 Å². The Bertz CT molecular complexity index is 1410. The first kappa shape index (κ1) is 28.2. The molecule has 0 aliphatic carbocycles. The van der Waals surface area contributed by atoms with Crippen molar-refractivity contribution in [2.45, 2.75) is 23.5 Å². The van der Waals surface area contributed by atoms with Crippen LogP contribution in [0.1, 0.15) is 22.3 Å². The molecule has 2 aromatic rings. The summed E-state index contributed by atoms with van der Waals surface area (Å²) in [5.41, 5.74) is -1.52. The van der Waals surface area contributed by atoms with Crippen molar-refractivity contribution in [1.29, 1.82) is 0 Å². The van der Waals surface area contributed by atoms with Gasteiger partial charge in [0.05, 0.1) is 39.8 Å². The zero-order chi connectivity index (χ0) is 27.4. The van der Waals surface area contributed by atoms with Gasteiger partial charge in [-0.1, -0.05) is 18.2 Å². The predicted octanol–water partition coefficient (Wildman–Crippen LogP) is 2.55. The molecule has 3 rings (SSSR count). The summed E-state index contributed by atoms with van der Waals surface area (Å²) in [5.74, 6) is -2.01. The highest BCUT2D eigenvalue weighted by molar-refractivity contribution is 7.93. The average Bonchev–Trinajstić information content (AvgIpc) is 3.18. The number of carbonyl (C=O) groups excluding carboxylic acids is 2. The summed E-state index contributed by atoms with van der Waals surface area (Å²) in [5, 5.41) is 2.45. The molecule has 0 spiro atoms. The Morgan fingerprint density at radius 1 is 1.16 bits per heavy atom. The van der Waals surface area contributed by atoms with Crippen molar-refractivity contribution in [3.8, 4) is 0 Å². The van der Waals surface area contributed by atoms with Crippen molar-refractivity contribution in [1.82, 2.24) is 5.32 Å². The molecule has 1 N–H and O–H groups in total. The van der Waals surface area contributed by atoms with Crippen molar-refractivity contribution in [2.24, 2.45) is 0 Å². The van der Waals surface area contributed by atoms with Crippen molar-refractivity contribution in [3.63, 3.8) is 0 Å². The summed E-state index contributed by atoms with van der Waals surface area (Å²) in [4.78, 5) is 24.1. The summed E-state index contributed by atoms with van der Waals surface area (Å²) in [6, 6.07) is 7.79. The highest BCUT2D eigenvalue weighted by atomic mass is 32.2. The van der Waals surface area contributed by atoms with E-state index < -0.39 is 61.0 Å². The monoisotopic (exact) mass is 560 g/mol. The van der Waals surface area contributed by atoms with Crippen LogP contribution in [0.25, 0.3) is 0 Å². The molecule has 1 aliphatic rings. The van der Waals surface area contributed by atoms with E-state index in [4.69, 9.17) is 4.74 Å². The van der Waals surface area contributed by atoms with Crippen molar-refractivity contribution in [2.75, 3.05) is 29.0 Å². The van der Waals surface area contributed by atoms with Crippen LogP contribution in [0.3, 0.4) is 0 Å². The maximum absolute atomic E-state index is 13.3. The number of rotatable bonds is 9. The van der Waals surface area contributed by atoms with Gasteiger partial charge in [0.2, 0.25) is 0 Å². The van der Waals surface area contributed by atoms with Gasteiger partial charge in [0.15, 0.2) is 16.4 Å². The fourth-order valence-corrected chi connectivity index (χ4v) is 6.75. The first-order chi connectivity index (χ1) is 17.2. The normalized spacial score (nSPS) is 17.1. The van der Waals surface area contributed by atoms with Gasteiger partial charge in [0.1, 0.15) is 0 Å². The number of alkyl halides is 3. The number of ether oxygens (including phenoxy) is 1. The molecule has 1 fully saturated rings. The number of anilines is 1. The number of halogens is 3. The third kappa shape index (κ3) is 7.10.